The van der Waals surface area contributed by atoms with Crippen molar-refractivity contribution < 1.29 is 9.31 Å². The highest BCUT2D eigenvalue weighted by Crippen LogP contribution is 2.43. The van der Waals surface area contributed by atoms with Gasteiger partial charge in [0.2, 0.25) is 0 Å². The first kappa shape index (κ1) is 15.3. The molecule has 0 amide bonds. The molecule has 1 atom stereocenters. The first-order chi connectivity index (χ1) is 11.6. The van der Waals surface area contributed by atoms with Crippen LogP contribution in [-0.2, 0) is 6.42 Å². The first-order valence-electron chi connectivity index (χ1n) is 7.87. The number of rotatable bonds is 3. The van der Waals surface area contributed by atoms with Crippen molar-refractivity contribution in [1.29, 1.82) is 0 Å². The minimum Gasteiger partial charge on any atom is -0.384 e. The molecule has 0 radical (unpaired) electrons. The van der Waals surface area contributed by atoms with E-state index in [2.05, 4.69) is 10.6 Å². The van der Waals surface area contributed by atoms with Crippen LogP contribution in [0.4, 0.5) is 21.5 Å². The van der Waals surface area contributed by atoms with Crippen molar-refractivity contribution in [2.75, 3.05) is 22.9 Å². The second-order valence-corrected chi connectivity index (χ2v) is 7.02. The van der Waals surface area contributed by atoms with Gasteiger partial charge in [0.25, 0.3) is 5.69 Å². The number of hydrogen-bond donors (Lipinski definition) is 2. The van der Waals surface area contributed by atoms with E-state index in [4.69, 9.17) is 0 Å². The molecule has 4 rings (SSSR count). The molecule has 7 heteroatoms. The van der Waals surface area contributed by atoms with Crippen molar-refractivity contribution >= 4 is 28.8 Å². The quantitative estimate of drug-likeness (QED) is 0.639. The lowest BCUT2D eigenvalue weighted by molar-refractivity contribution is -0.384. The van der Waals surface area contributed by atoms with Crippen LogP contribution in [0, 0.1) is 15.9 Å². The van der Waals surface area contributed by atoms with Gasteiger partial charge < -0.3 is 10.6 Å². The summed E-state index contributed by atoms with van der Waals surface area (Å²) in [6.07, 6.45) is 1.55. The third-order valence-electron chi connectivity index (χ3n) is 4.52. The van der Waals surface area contributed by atoms with E-state index in [1.807, 2.05) is 6.07 Å². The Bertz CT molecular complexity index is 828. The minimum atomic E-state index is -0.356. The average molecular weight is 345 g/mol. The maximum Gasteiger partial charge on any atom is 0.292 e. The maximum absolute atomic E-state index is 14.0. The molecular weight excluding hydrogens is 329 g/mol. The van der Waals surface area contributed by atoms with Crippen LogP contribution in [0.1, 0.15) is 23.6 Å². The molecule has 1 unspecified atom stereocenters. The molecule has 2 aromatic carbocycles. The fourth-order valence-electron chi connectivity index (χ4n) is 3.41. The van der Waals surface area contributed by atoms with Crippen molar-refractivity contribution in [3.8, 4) is 0 Å². The highest BCUT2D eigenvalue weighted by Gasteiger charge is 2.29. The zero-order chi connectivity index (χ0) is 16.7. The third-order valence-corrected chi connectivity index (χ3v) is 5.68. The van der Waals surface area contributed by atoms with E-state index in [9.17, 15) is 14.5 Å². The predicted octanol–water partition coefficient (Wildman–Crippen LogP) is 4.35. The van der Waals surface area contributed by atoms with Gasteiger partial charge in [0, 0.05) is 34.5 Å². The van der Waals surface area contributed by atoms with Crippen LogP contribution in [0.5, 0.6) is 0 Å². The Morgan fingerprint density at radius 2 is 2.21 bits per heavy atom. The van der Waals surface area contributed by atoms with Gasteiger partial charge in [-0.25, -0.2) is 4.39 Å². The summed E-state index contributed by atoms with van der Waals surface area (Å²) < 4.78 is 14.0. The Morgan fingerprint density at radius 1 is 1.33 bits per heavy atom. The summed E-state index contributed by atoms with van der Waals surface area (Å²) in [4.78, 5) is 11.7. The normalized spacial score (nSPS) is 18.5. The maximum atomic E-state index is 14.0. The summed E-state index contributed by atoms with van der Waals surface area (Å²) in [6, 6.07) is 8.22. The Kier molecular flexibility index (Phi) is 3.80. The Labute approximate surface area is 142 Å². The predicted molar refractivity (Wildman–Crippen MR) is 93.4 cm³/mol. The standard InChI is InChI=1S/C17H16FN3O2S/c18-12-3-1-2-11-14(7-9-24-17(11)12)20-16-10-6-8-19-13(10)4-5-15(16)21(22)23/h1-5,14,19-20H,6-9H2. The number of benzene rings is 2. The van der Waals surface area contributed by atoms with Crippen LogP contribution in [0.2, 0.25) is 0 Å². The van der Waals surface area contributed by atoms with Gasteiger partial charge in [0.1, 0.15) is 11.5 Å². The van der Waals surface area contributed by atoms with Crippen molar-refractivity contribution in [2.24, 2.45) is 0 Å². The number of thioether (sulfide) groups is 1. The smallest absolute Gasteiger partial charge is 0.292 e. The summed E-state index contributed by atoms with van der Waals surface area (Å²) in [5, 5.41) is 18.0. The number of nitro groups is 1. The molecule has 0 fully saturated rings. The number of nitro benzene ring substituents is 1. The van der Waals surface area contributed by atoms with E-state index in [1.165, 1.54) is 23.9 Å². The lowest BCUT2D eigenvalue weighted by Gasteiger charge is -2.27. The second kappa shape index (κ2) is 5.98. The average Bonchev–Trinajstić information content (AvgIpc) is 3.05. The van der Waals surface area contributed by atoms with Crippen LogP contribution in [0.3, 0.4) is 0 Å². The van der Waals surface area contributed by atoms with Gasteiger partial charge in [-0.3, -0.25) is 10.1 Å². The molecule has 2 N–H and O–H groups in total. The fraction of sp³-hybridized carbons (Fsp3) is 0.294. The van der Waals surface area contributed by atoms with E-state index < -0.39 is 0 Å². The minimum absolute atomic E-state index is 0.0774. The van der Waals surface area contributed by atoms with E-state index in [0.29, 0.717) is 10.6 Å². The Hall–Kier alpha value is -2.28. The van der Waals surface area contributed by atoms with E-state index in [1.54, 1.807) is 12.1 Å². The summed E-state index contributed by atoms with van der Waals surface area (Å²) in [5.41, 5.74) is 3.40. The first-order valence-corrected chi connectivity index (χ1v) is 8.85. The largest absolute Gasteiger partial charge is 0.384 e. The number of halogens is 1. The molecule has 0 aromatic heterocycles. The van der Waals surface area contributed by atoms with Crippen molar-refractivity contribution in [2.45, 2.75) is 23.8 Å². The molecule has 0 saturated heterocycles. The zero-order valence-corrected chi connectivity index (χ0v) is 13.7. The van der Waals surface area contributed by atoms with Gasteiger partial charge in [0.15, 0.2) is 0 Å². The van der Waals surface area contributed by atoms with Gasteiger partial charge in [-0.2, -0.15) is 0 Å². The third kappa shape index (κ3) is 2.49. The van der Waals surface area contributed by atoms with Crippen LogP contribution >= 0.6 is 11.8 Å². The summed E-state index contributed by atoms with van der Waals surface area (Å²) in [7, 11) is 0. The van der Waals surface area contributed by atoms with Gasteiger partial charge >= 0.3 is 0 Å². The van der Waals surface area contributed by atoms with Crippen molar-refractivity contribution in [1.82, 2.24) is 0 Å². The summed E-state index contributed by atoms with van der Waals surface area (Å²) in [5.74, 6) is 0.561. The lowest BCUT2D eigenvalue weighted by atomic mass is 10.0. The number of nitrogens with one attached hydrogen (secondary N) is 2. The molecule has 0 spiro atoms. The van der Waals surface area contributed by atoms with Crippen LogP contribution in [-0.4, -0.2) is 17.2 Å². The summed E-state index contributed by atoms with van der Waals surface area (Å²) >= 11 is 1.50. The second-order valence-electron chi connectivity index (χ2n) is 5.91. The molecule has 2 aromatic rings. The van der Waals surface area contributed by atoms with Gasteiger partial charge in [-0.1, -0.05) is 12.1 Å². The monoisotopic (exact) mass is 345 g/mol. The highest BCUT2D eigenvalue weighted by atomic mass is 32.2. The van der Waals surface area contributed by atoms with Gasteiger partial charge in [-0.05, 0) is 30.5 Å². The lowest BCUT2D eigenvalue weighted by Crippen LogP contribution is -2.18. The zero-order valence-electron chi connectivity index (χ0n) is 12.8. The van der Waals surface area contributed by atoms with Crippen molar-refractivity contribution in [3.63, 3.8) is 0 Å². The van der Waals surface area contributed by atoms with Crippen LogP contribution in [0.15, 0.2) is 35.2 Å². The molecule has 0 bridgehead atoms. The molecular formula is C17H16FN3O2S. The molecule has 0 aliphatic carbocycles. The molecule has 5 nitrogen and oxygen atoms in total. The number of anilines is 2. The molecule has 2 aliphatic heterocycles. The molecule has 2 aliphatic rings. The number of hydrogen-bond acceptors (Lipinski definition) is 5. The molecule has 24 heavy (non-hydrogen) atoms. The highest BCUT2D eigenvalue weighted by molar-refractivity contribution is 7.99. The van der Waals surface area contributed by atoms with Crippen LogP contribution < -0.4 is 10.6 Å². The number of fused-ring (bicyclic) bond motifs is 2. The molecule has 124 valence electrons. The van der Waals surface area contributed by atoms with Crippen molar-refractivity contribution in [3.05, 3.63) is 57.4 Å². The summed E-state index contributed by atoms with van der Waals surface area (Å²) in [6.45, 7) is 0.775. The van der Waals surface area contributed by atoms with Gasteiger partial charge in [-0.15, -0.1) is 11.8 Å². The SMILES string of the molecule is O=[N+]([O-])c1ccc2c(c1NC1CCSc3c(F)cccc31)CCN2. The van der Waals surface area contributed by atoms with E-state index in [0.717, 1.165) is 42.0 Å². The number of nitrogens with zero attached hydrogens (tertiary/aromatic N) is 1. The Morgan fingerprint density at radius 3 is 3.04 bits per heavy atom. The fourth-order valence-corrected chi connectivity index (χ4v) is 4.55. The topological polar surface area (TPSA) is 67.2 Å². The molecule has 0 saturated carbocycles. The van der Waals surface area contributed by atoms with E-state index >= 15 is 0 Å². The molecule has 2 heterocycles. The van der Waals surface area contributed by atoms with E-state index in [-0.39, 0.29) is 22.5 Å². The van der Waals surface area contributed by atoms with Gasteiger partial charge in [0.05, 0.1) is 11.0 Å². The Balaban J connectivity index is 1.76. The van der Waals surface area contributed by atoms with Crippen LogP contribution in [0.25, 0.3) is 0 Å².